The standard InChI is InChI=1S/C15H22F2N2/c1-4-19-7-5-12(6-8-19)18(3)15-13(16)9-11(2)10-14(15)17/h9-10,12H,4-8H2,1-3H3. The molecule has 1 fully saturated rings. The third kappa shape index (κ3) is 3.06. The molecule has 1 aromatic carbocycles. The Hall–Kier alpha value is -1.16. The van der Waals surface area contributed by atoms with Gasteiger partial charge in [-0.2, -0.15) is 0 Å². The van der Waals surface area contributed by atoms with Crippen LogP contribution in [-0.4, -0.2) is 37.6 Å². The molecule has 0 bridgehead atoms. The summed E-state index contributed by atoms with van der Waals surface area (Å²) in [5.41, 5.74) is 0.730. The highest BCUT2D eigenvalue weighted by Gasteiger charge is 2.25. The van der Waals surface area contributed by atoms with Crippen LogP contribution in [0, 0.1) is 18.6 Å². The molecule has 0 aromatic heterocycles. The second-order valence-corrected chi connectivity index (χ2v) is 5.35. The van der Waals surface area contributed by atoms with E-state index in [0.717, 1.165) is 32.5 Å². The molecule has 19 heavy (non-hydrogen) atoms. The largest absolute Gasteiger partial charge is 0.367 e. The molecule has 0 atom stereocenters. The fourth-order valence-electron chi connectivity index (χ4n) is 2.83. The Kier molecular flexibility index (Phi) is 4.40. The Morgan fingerprint density at radius 1 is 1.21 bits per heavy atom. The summed E-state index contributed by atoms with van der Waals surface area (Å²) in [6, 6.07) is 3.01. The lowest BCUT2D eigenvalue weighted by Gasteiger charge is -2.37. The Morgan fingerprint density at radius 3 is 2.21 bits per heavy atom. The highest BCUT2D eigenvalue weighted by molar-refractivity contribution is 5.50. The van der Waals surface area contributed by atoms with Crippen molar-refractivity contribution < 1.29 is 8.78 Å². The van der Waals surface area contributed by atoms with E-state index < -0.39 is 11.6 Å². The number of aryl methyl sites for hydroxylation is 1. The first kappa shape index (κ1) is 14.3. The maximum Gasteiger partial charge on any atom is 0.149 e. The van der Waals surface area contributed by atoms with Crippen molar-refractivity contribution in [2.24, 2.45) is 0 Å². The van der Waals surface area contributed by atoms with Crippen LogP contribution in [0.15, 0.2) is 12.1 Å². The Bertz CT molecular complexity index is 417. The van der Waals surface area contributed by atoms with Crippen molar-refractivity contribution in [2.45, 2.75) is 32.7 Å². The molecule has 1 aliphatic heterocycles. The maximum absolute atomic E-state index is 14.0. The van der Waals surface area contributed by atoms with Gasteiger partial charge in [-0.1, -0.05) is 6.92 Å². The summed E-state index contributed by atoms with van der Waals surface area (Å²) in [7, 11) is 1.79. The SMILES string of the molecule is CCN1CCC(N(C)c2c(F)cc(C)cc2F)CC1. The molecule has 0 spiro atoms. The highest BCUT2D eigenvalue weighted by atomic mass is 19.1. The fourth-order valence-corrected chi connectivity index (χ4v) is 2.83. The van der Waals surface area contributed by atoms with Gasteiger partial charge >= 0.3 is 0 Å². The van der Waals surface area contributed by atoms with Crippen molar-refractivity contribution in [3.8, 4) is 0 Å². The van der Waals surface area contributed by atoms with Gasteiger partial charge in [0.25, 0.3) is 0 Å². The smallest absolute Gasteiger partial charge is 0.149 e. The van der Waals surface area contributed by atoms with Crippen molar-refractivity contribution in [1.82, 2.24) is 4.90 Å². The van der Waals surface area contributed by atoms with Crippen LogP contribution in [0.1, 0.15) is 25.3 Å². The number of halogens is 2. The summed E-state index contributed by atoms with van der Waals surface area (Å²) in [5.74, 6) is -0.921. The van der Waals surface area contributed by atoms with Gasteiger partial charge < -0.3 is 9.80 Å². The zero-order valence-corrected chi connectivity index (χ0v) is 11.9. The van der Waals surface area contributed by atoms with Gasteiger partial charge in [-0.3, -0.25) is 0 Å². The van der Waals surface area contributed by atoms with Crippen LogP contribution < -0.4 is 4.90 Å². The topological polar surface area (TPSA) is 6.48 Å². The predicted octanol–water partition coefficient (Wildman–Crippen LogP) is 3.19. The number of hydrogen-bond acceptors (Lipinski definition) is 2. The minimum Gasteiger partial charge on any atom is -0.367 e. The molecule has 0 unspecified atom stereocenters. The molecule has 4 heteroatoms. The molecule has 0 aliphatic carbocycles. The Labute approximate surface area is 114 Å². The molecule has 1 aromatic rings. The van der Waals surface area contributed by atoms with E-state index >= 15 is 0 Å². The van der Waals surface area contributed by atoms with E-state index in [9.17, 15) is 8.78 Å². The average molecular weight is 268 g/mol. The molecule has 106 valence electrons. The third-order valence-electron chi connectivity index (χ3n) is 4.07. The molecule has 0 N–H and O–H groups in total. The number of benzene rings is 1. The van der Waals surface area contributed by atoms with E-state index in [2.05, 4.69) is 11.8 Å². The number of likely N-dealkylation sites (tertiary alicyclic amines) is 1. The van der Waals surface area contributed by atoms with Gasteiger partial charge in [-0.25, -0.2) is 8.78 Å². The minimum absolute atomic E-state index is 0.112. The summed E-state index contributed by atoms with van der Waals surface area (Å²) in [5, 5.41) is 0. The molecule has 0 radical (unpaired) electrons. The summed E-state index contributed by atoms with van der Waals surface area (Å²) >= 11 is 0. The number of rotatable bonds is 3. The van der Waals surface area contributed by atoms with E-state index in [0.29, 0.717) is 5.56 Å². The first-order valence-corrected chi connectivity index (χ1v) is 6.93. The monoisotopic (exact) mass is 268 g/mol. The van der Waals surface area contributed by atoms with Crippen molar-refractivity contribution in [3.05, 3.63) is 29.3 Å². The van der Waals surface area contributed by atoms with Gasteiger partial charge in [-0.15, -0.1) is 0 Å². The van der Waals surface area contributed by atoms with Gasteiger partial charge in [0.15, 0.2) is 0 Å². The van der Waals surface area contributed by atoms with Gasteiger partial charge in [0, 0.05) is 26.2 Å². The Morgan fingerprint density at radius 2 is 1.74 bits per heavy atom. The average Bonchev–Trinajstić information content (AvgIpc) is 2.37. The molecule has 1 saturated heterocycles. The summed E-state index contributed by atoms with van der Waals surface area (Å²) in [6.45, 7) is 6.89. The van der Waals surface area contributed by atoms with Gasteiger partial charge in [0.1, 0.15) is 17.3 Å². The first-order valence-electron chi connectivity index (χ1n) is 6.93. The second kappa shape index (κ2) is 5.87. The van der Waals surface area contributed by atoms with Gasteiger partial charge in [0.05, 0.1) is 0 Å². The van der Waals surface area contributed by atoms with Crippen LogP contribution in [0.2, 0.25) is 0 Å². The van der Waals surface area contributed by atoms with Crippen molar-refractivity contribution in [2.75, 3.05) is 31.6 Å². The maximum atomic E-state index is 14.0. The zero-order chi connectivity index (χ0) is 14.0. The molecule has 1 aliphatic rings. The third-order valence-corrected chi connectivity index (χ3v) is 4.07. The van der Waals surface area contributed by atoms with E-state index in [1.54, 1.807) is 18.9 Å². The van der Waals surface area contributed by atoms with Crippen LogP contribution in [0.3, 0.4) is 0 Å². The number of piperidine rings is 1. The molecular weight excluding hydrogens is 246 g/mol. The zero-order valence-electron chi connectivity index (χ0n) is 11.9. The van der Waals surface area contributed by atoms with E-state index in [1.807, 2.05) is 0 Å². The minimum atomic E-state index is -0.460. The molecule has 2 nitrogen and oxygen atoms in total. The first-order chi connectivity index (χ1) is 9.02. The fraction of sp³-hybridized carbons (Fsp3) is 0.600. The van der Waals surface area contributed by atoms with Crippen LogP contribution >= 0.6 is 0 Å². The highest BCUT2D eigenvalue weighted by Crippen LogP contribution is 2.28. The number of anilines is 1. The lowest BCUT2D eigenvalue weighted by atomic mass is 10.0. The summed E-state index contributed by atoms with van der Waals surface area (Å²) < 4.78 is 27.9. The number of nitrogens with zero attached hydrogens (tertiary/aromatic N) is 2. The number of hydrogen-bond donors (Lipinski definition) is 0. The predicted molar refractivity (Wildman–Crippen MR) is 74.6 cm³/mol. The van der Waals surface area contributed by atoms with Gasteiger partial charge in [0.2, 0.25) is 0 Å². The molecule has 0 saturated carbocycles. The molecule has 0 amide bonds. The van der Waals surface area contributed by atoms with E-state index in [-0.39, 0.29) is 11.7 Å². The molecule has 1 heterocycles. The van der Waals surface area contributed by atoms with Crippen LogP contribution in [0.25, 0.3) is 0 Å². The quantitative estimate of drug-likeness (QED) is 0.830. The lowest BCUT2D eigenvalue weighted by Crippen LogP contribution is -2.43. The molecule has 2 rings (SSSR count). The summed E-state index contributed by atoms with van der Waals surface area (Å²) in [4.78, 5) is 4.14. The Balaban J connectivity index is 2.14. The van der Waals surface area contributed by atoms with Crippen molar-refractivity contribution >= 4 is 5.69 Å². The van der Waals surface area contributed by atoms with Crippen molar-refractivity contribution in [3.63, 3.8) is 0 Å². The second-order valence-electron chi connectivity index (χ2n) is 5.35. The lowest BCUT2D eigenvalue weighted by molar-refractivity contribution is 0.220. The molecular formula is C15H22F2N2. The van der Waals surface area contributed by atoms with E-state index in [4.69, 9.17) is 0 Å². The normalized spacial score (nSPS) is 17.7. The van der Waals surface area contributed by atoms with E-state index in [1.165, 1.54) is 12.1 Å². The van der Waals surface area contributed by atoms with Crippen molar-refractivity contribution in [1.29, 1.82) is 0 Å². The van der Waals surface area contributed by atoms with Crippen LogP contribution in [-0.2, 0) is 0 Å². The summed E-state index contributed by atoms with van der Waals surface area (Å²) in [6.07, 6.45) is 1.91. The van der Waals surface area contributed by atoms with Gasteiger partial charge in [-0.05, 0) is 44.0 Å². The van der Waals surface area contributed by atoms with Crippen LogP contribution in [0.5, 0.6) is 0 Å². The van der Waals surface area contributed by atoms with Crippen LogP contribution in [0.4, 0.5) is 14.5 Å².